The number of nitroso groups, excluding NO2 is 1. The van der Waals surface area contributed by atoms with Gasteiger partial charge in [-0.2, -0.15) is 4.91 Å². The van der Waals surface area contributed by atoms with Crippen LogP contribution in [0.4, 0.5) is 0 Å². The molecule has 1 aliphatic rings. The highest BCUT2D eigenvalue weighted by Crippen LogP contribution is 2.46. The Morgan fingerprint density at radius 1 is 0.944 bits per heavy atom. The molecule has 4 atom stereocenters. The minimum absolute atomic E-state index is 0.0960. The van der Waals surface area contributed by atoms with Crippen LogP contribution in [-0.4, -0.2) is 43.1 Å². The maximum atomic E-state index is 12.4. The predicted octanol–water partition coefficient (Wildman–Crippen LogP) is 7.45. The van der Waals surface area contributed by atoms with Gasteiger partial charge in [-0.25, -0.2) is 4.57 Å². The van der Waals surface area contributed by atoms with E-state index in [-0.39, 0.29) is 25.9 Å². The summed E-state index contributed by atoms with van der Waals surface area (Å²) in [5, 5.41) is 2.62. The van der Waals surface area contributed by atoms with Crippen LogP contribution in [-0.2, 0) is 23.1 Å². The zero-order valence-corrected chi connectivity index (χ0v) is 23.0. The summed E-state index contributed by atoms with van der Waals surface area (Å²) in [5.41, 5.74) is 0. The van der Waals surface area contributed by atoms with Crippen molar-refractivity contribution in [3.63, 3.8) is 0 Å². The first-order chi connectivity index (χ1) is 17.5. The average Bonchev–Trinajstić information content (AvgIpc) is 2.84. The maximum absolute atomic E-state index is 12.4. The van der Waals surface area contributed by atoms with Gasteiger partial charge in [-0.1, -0.05) is 87.3 Å². The van der Waals surface area contributed by atoms with E-state index in [9.17, 15) is 19.2 Å². The van der Waals surface area contributed by atoms with Crippen molar-refractivity contribution < 1.29 is 28.0 Å². The van der Waals surface area contributed by atoms with Crippen molar-refractivity contribution in [2.75, 3.05) is 19.8 Å². The molecular weight excluding hydrogens is 481 g/mol. The van der Waals surface area contributed by atoms with Crippen LogP contribution in [0.5, 0.6) is 0 Å². The molecule has 1 N–H and O–H groups in total. The van der Waals surface area contributed by atoms with E-state index in [4.69, 9.17) is 13.8 Å². The Balaban J connectivity index is 2.71. The summed E-state index contributed by atoms with van der Waals surface area (Å²) in [6.45, 7) is 1.48. The lowest BCUT2D eigenvalue weighted by Gasteiger charge is -2.26. The number of nitrogens with zero attached hydrogens (tertiary/aromatic N) is 1. The van der Waals surface area contributed by atoms with Gasteiger partial charge in [-0.3, -0.25) is 9.05 Å². The molecule has 2 unspecified atom stereocenters. The zero-order valence-electron chi connectivity index (χ0n) is 22.1. The molecule has 0 bridgehead atoms. The molecule has 1 aliphatic heterocycles. The molecule has 9 heteroatoms. The van der Waals surface area contributed by atoms with E-state index in [1.165, 1.54) is 51.4 Å². The number of hydrogen-bond donors (Lipinski definition) is 1. The minimum Gasteiger partial charge on any atom is -0.377 e. The molecule has 0 aromatic rings. The summed E-state index contributed by atoms with van der Waals surface area (Å²) in [6.07, 6.45) is 24.6. The predicted molar refractivity (Wildman–Crippen MR) is 144 cm³/mol. The normalized spacial score (nSPS) is 28.7. The molecule has 1 rings (SSSR count). The molecule has 0 aliphatic carbocycles. The second-order valence-corrected chi connectivity index (χ2v) is 11.0. The first-order valence-corrected chi connectivity index (χ1v) is 15.3. The van der Waals surface area contributed by atoms with Crippen LogP contribution in [0.15, 0.2) is 29.5 Å². The summed E-state index contributed by atoms with van der Waals surface area (Å²) in [6, 6.07) is 0. The summed E-state index contributed by atoms with van der Waals surface area (Å²) in [5.74, 6) is -0.694. The fourth-order valence-corrected chi connectivity index (χ4v) is 5.15. The second-order valence-electron chi connectivity index (χ2n) is 9.61. The van der Waals surface area contributed by atoms with E-state index in [0.29, 0.717) is 6.42 Å². The molecule has 8 nitrogen and oxygen atoms in total. The first-order valence-electron chi connectivity index (χ1n) is 13.8. The summed E-state index contributed by atoms with van der Waals surface area (Å²) in [4.78, 5) is 32.2. The fraction of sp³-hybridized carbons (Fsp3) is 0.815. The van der Waals surface area contributed by atoms with Crippen molar-refractivity contribution in [3.05, 3.63) is 29.2 Å². The Bertz CT molecular complexity index is 671. The lowest BCUT2D eigenvalue weighted by Crippen LogP contribution is -2.30. The van der Waals surface area contributed by atoms with E-state index in [0.717, 1.165) is 44.8 Å². The standard InChI is InChI=1S/C27H48NO7P/c1-25-19-17-15-13-11-9-7-5-3-2-4-6-8-10-12-14-16-18-20-27(26(23-29)24-33-25)35-36(31,32)34-22-21-28-30/h7,9,15,17,23,25-27H,2-6,8,10-14,16,18-22,24H2,1H3,(H,31,32)/b9-7-,17-15+/t25-,26?,27-/m1/s1. The van der Waals surface area contributed by atoms with E-state index in [1.54, 1.807) is 0 Å². The second kappa shape index (κ2) is 21.9. The van der Waals surface area contributed by atoms with Crippen molar-refractivity contribution in [3.8, 4) is 0 Å². The van der Waals surface area contributed by atoms with Crippen LogP contribution in [0.1, 0.15) is 103 Å². The lowest BCUT2D eigenvalue weighted by atomic mass is 9.98. The molecular formula is C27H48NO7P. The van der Waals surface area contributed by atoms with Gasteiger partial charge in [0, 0.05) is 0 Å². The molecule has 0 saturated carbocycles. The van der Waals surface area contributed by atoms with Gasteiger partial charge in [0.1, 0.15) is 12.8 Å². The van der Waals surface area contributed by atoms with E-state index in [2.05, 4.69) is 29.5 Å². The Kier molecular flexibility index (Phi) is 19.9. The van der Waals surface area contributed by atoms with Crippen LogP contribution in [0.3, 0.4) is 0 Å². The van der Waals surface area contributed by atoms with Gasteiger partial charge >= 0.3 is 7.82 Å². The Labute approximate surface area is 217 Å². The van der Waals surface area contributed by atoms with Crippen LogP contribution in [0.2, 0.25) is 0 Å². The van der Waals surface area contributed by atoms with Gasteiger partial charge in [0.2, 0.25) is 0 Å². The van der Waals surface area contributed by atoms with Gasteiger partial charge < -0.3 is 14.4 Å². The summed E-state index contributed by atoms with van der Waals surface area (Å²) >= 11 is 0. The molecule has 0 amide bonds. The van der Waals surface area contributed by atoms with E-state index in [1.807, 2.05) is 6.92 Å². The topological polar surface area (TPSA) is 111 Å². The number of allylic oxidation sites excluding steroid dienone is 3. The first kappa shape index (κ1) is 32.8. The quantitative estimate of drug-likeness (QED) is 0.120. The van der Waals surface area contributed by atoms with Crippen molar-refractivity contribution in [2.24, 2.45) is 11.1 Å². The number of carbonyl (C=O) groups is 1. The van der Waals surface area contributed by atoms with Crippen LogP contribution < -0.4 is 0 Å². The maximum Gasteiger partial charge on any atom is 0.472 e. The molecule has 0 aromatic heterocycles. The average molecular weight is 530 g/mol. The minimum atomic E-state index is -4.43. The number of rotatable bonds is 7. The summed E-state index contributed by atoms with van der Waals surface area (Å²) < 4.78 is 28.5. The Morgan fingerprint density at radius 2 is 1.53 bits per heavy atom. The molecule has 0 aromatic carbocycles. The monoisotopic (exact) mass is 529 g/mol. The molecule has 0 fully saturated rings. The molecule has 208 valence electrons. The van der Waals surface area contributed by atoms with Gasteiger partial charge in [-0.15, -0.1) is 0 Å². The molecule has 1 heterocycles. The van der Waals surface area contributed by atoms with E-state index < -0.39 is 19.8 Å². The fourth-order valence-electron chi connectivity index (χ4n) is 4.17. The Morgan fingerprint density at radius 3 is 2.17 bits per heavy atom. The number of carbonyl (C=O) groups excluding carboxylic acids is 1. The summed E-state index contributed by atoms with van der Waals surface area (Å²) in [7, 11) is -4.43. The third-order valence-electron chi connectivity index (χ3n) is 6.34. The van der Waals surface area contributed by atoms with Crippen LogP contribution in [0.25, 0.3) is 0 Å². The highest BCUT2D eigenvalue weighted by molar-refractivity contribution is 7.47. The van der Waals surface area contributed by atoms with Crippen molar-refractivity contribution in [1.29, 1.82) is 0 Å². The molecule has 36 heavy (non-hydrogen) atoms. The van der Waals surface area contributed by atoms with Gasteiger partial charge in [0.25, 0.3) is 0 Å². The Hall–Kier alpha value is -1.18. The largest absolute Gasteiger partial charge is 0.472 e. The van der Waals surface area contributed by atoms with Crippen molar-refractivity contribution in [2.45, 2.75) is 115 Å². The number of hydrogen-bond acceptors (Lipinski definition) is 7. The van der Waals surface area contributed by atoms with Gasteiger partial charge in [0.15, 0.2) is 0 Å². The number of aldehydes is 1. The third-order valence-corrected chi connectivity index (χ3v) is 7.39. The smallest absolute Gasteiger partial charge is 0.377 e. The highest BCUT2D eigenvalue weighted by Gasteiger charge is 2.32. The highest BCUT2D eigenvalue weighted by atomic mass is 31.2. The molecule has 0 spiro atoms. The van der Waals surface area contributed by atoms with Gasteiger partial charge in [0.05, 0.1) is 31.3 Å². The van der Waals surface area contributed by atoms with Crippen LogP contribution >= 0.6 is 7.82 Å². The van der Waals surface area contributed by atoms with Crippen LogP contribution in [0, 0.1) is 10.8 Å². The third kappa shape index (κ3) is 18.1. The van der Waals surface area contributed by atoms with Gasteiger partial charge in [-0.05, 0) is 45.4 Å². The zero-order chi connectivity index (χ0) is 26.3. The number of ether oxygens (including phenoxy) is 1. The number of phosphoric ester groups is 1. The van der Waals surface area contributed by atoms with Crippen molar-refractivity contribution in [1.82, 2.24) is 0 Å². The van der Waals surface area contributed by atoms with E-state index >= 15 is 0 Å². The lowest BCUT2D eigenvalue weighted by molar-refractivity contribution is -0.117. The van der Waals surface area contributed by atoms with Crippen molar-refractivity contribution >= 4 is 14.1 Å². The number of phosphoric acid groups is 1. The SMILES string of the molecule is C[C@@H]1C/C=C/CC/C=C\CCCCCCCCCCCC[C@@H](OP(=O)(O)OCCN=O)C(C=O)CO1. The molecule has 0 radical (unpaired) electrons. The molecule has 0 saturated heterocycles.